The number of fused-ring (bicyclic) bond motifs is 5. The number of phenolic OH excluding ortho intramolecular Hbond substituents is 2. The molecule has 4 atom stereocenters. The molecule has 1 aliphatic rings. The average molecular weight is 905 g/mol. The van der Waals surface area contributed by atoms with Crippen molar-refractivity contribution in [2.45, 2.75) is 122 Å². The number of nitrogens with one attached hydrogen (secondary N) is 4. The Labute approximate surface area is 386 Å². The summed E-state index contributed by atoms with van der Waals surface area (Å²) in [6.07, 6.45) is 12.4. The summed E-state index contributed by atoms with van der Waals surface area (Å²) >= 11 is 0. The summed E-state index contributed by atoms with van der Waals surface area (Å²) in [6.45, 7) is 5.27. The first-order valence-corrected chi connectivity index (χ1v) is 22.9. The van der Waals surface area contributed by atoms with E-state index in [9.17, 15) is 39.0 Å². The lowest BCUT2D eigenvalue weighted by Gasteiger charge is -2.32. The van der Waals surface area contributed by atoms with Crippen molar-refractivity contribution in [2.24, 2.45) is 5.73 Å². The number of hydrogen-bond donors (Lipinski definition) is 7. The number of carbonyl (C=O) groups is 6. The smallest absolute Gasteiger partial charge is 0.254 e. The number of benzene rings is 3. The molecule has 0 aliphatic carbocycles. The molecule has 0 unspecified atom stereocenters. The maximum Gasteiger partial charge on any atom is 0.254 e. The molecule has 0 saturated heterocycles. The van der Waals surface area contributed by atoms with Crippen LogP contribution >= 0.6 is 0 Å². The molecule has 4 bridgehead atoms. The first-order valence-electron chi connectivity index (χ1n) is 22.9. The summed E-state index contributed by atoms with van der Waals surface area (Å²) in [6, 6.07) is 12.3. The van der Waals surface area contributed by atoms with Crippen LogP contribution in [0.4, 0.5) is 0 Å². The van der Waals surface area contributed by atoms with Crippen LogP contribution in [0.2, 0.25) is 0 Å². The van der Waals surface area contributed by atoms with E-state index in [1.54, 1.807) is 12.1 Å². The molecule has 0 fully saturated rings. The molecule has 1 aliphatic heterocycles. The number of hydrogen-bond acceptors (Lipinski definition) is 11. The standard InChI is InChI=1S/C50H64N8O8/c1-5-6-7-8-9-10-13-33-15-18-35(19-16-33)46-53-29-37(30-54-46)48(64)52-25-23-44(62)56-40(14-11-12-24-51)50(66)58(4)45-36-20-22-43(61)39(28-36)38-26-34(17-21-42(38)60)27-41(32(3)59)57-47(63)31(2)55-49(45)65/h15-22,26,28-31,40-41,45,60-61H,5-14,23-25,27,51H2,1-4H3,(H,52,64)(H,55,65)(H,56,62)(H,57,63)/t31-,40-,41-,45-/m0/s1. The second kappa shape index (κ2) is 24.6. The second-order valence-electron chi connectivity index (χ2n) is 17.0. The van der Waals surface area contributed by atoms with Crippen LogP contribution in [0, 0.1) is 0 Å². The van der Waals surface area contributed by atoms with Gasteiger partial charge in [-0.05, 0) is 99.9 Å². The van der Waals surface area contributed by atoms with Crippen LogP contribution in [0.1, 0.15) is 118 Å². The van der Waals surface area contributed by atoms with E-state index in [4.69, 9.17) is 5.73 Å². The van der Waals surface area contributed by atoms with Gasteiger partial charge in [0.05, 0.1) is 11.6 Å². The van der Waals surface area contributed by atoms with Gasteiger partial charge in [-0.3, -0.25) is 28.8 Å². The third kappa shape index (κ3) is 13.9. The number of Topliss-reactive ketones (excluding diaryl/α,β-unsaturated/α-hetero) is 1. The lowest BCUT2D eigenvalue weighted by Crippen LogP contribution is -2.54. The van der Waals surface area contributed by atoms with Gasteiger partial charge in [0.1, 0.15) is 29.6 Å². The maximum atomic E-state index is 14.4. The molecule has 8 N–H and O–H groups in total. The van der Waals surface area contributed by atoms with E-state index in [1.807, 2.05) is 12.1 Å². The Morgan fingerprint density at radius 3 is 2.20 bits per heavy atom. The highest BCUT2D eigenvalue weighted by molar-refractivity contribution is 5.97. The van der Waals surface area contributed by atoms with Crippen LogP contribution in [0.5, 0.6) is 11.5 Å². The molecule has 0 radical (unpaired) electrons. The van der Waals surface area contributed by atoms with E-state index in [-0.39, 0.29) is 65.3 Å². The number of phenols is 2. The summed E-state index contributed by atoms with van der Waals surface area (Å²) in [4.78, 5) is 90.9. The van der Waals surface area contributed by atoms with E-state index >= 15 is 0 Å². The van der Waals surface area contributed by atoms with E-state index in [0.717, 1.165) is 23.3 Å². The fourth-order valence-electron chi connectivity index (χ4n) is 7.91. The van der Waals surface area contributed by atoms with Crippen LogP contribution in [-0.4, -0.2) is 98.7 Å². The molecule has 352 valence electrons. The number of unbranched alkanes of at least 4 members (excludes halogenated alkanes) is 6. The van der Waals surface area contributed by atoms with Gasteiger partial charge in [-0.25, -0.2) is 9.97 Å². The Bertz CT molecular complexity index is 2320. The van der Waals surface area contributed by atoms with Crippen LogP contribution in [-0.2, 0) is 36.8 Å². The predicted molar refractivity (Wildman–Crippen MR) is 251 cm³/mol. The zero-order valence-electron chi connectivity index (χ0n) is 38.4. The quantitative estimate of drug-likeness (QED) is 0.0569. The normalized spacial score (nSPS) is 16.5. The largest absolute Gasteiger partial charge is 0.507 e. The Morgan fingerprint density at radius 1 is 0.848 bits per heavy atom. The zero-order chi connectivity index (χ0) is 47.8. The summed E-state index contributed by atoms with van der Waals surface area (Å²) in [5.41, 5.74) is 9.22. The lowest BCUT2D eigenvalue weighted by atomic mass is 9.93. The highest BCUT2D eigenvalue weighted by Gasteiger charge is 2.35. The van der Waals surface area contributed by atoms with Crippen LogP contribution in [0.25, 0.3) is 22.5 Å². The molecule has 2 heterocycles. The first-order chi connectivity index (χ1) is 31.7. The van der Waals surface area contributed by atoms with Gasteiger partial charge >= 0.3 is 0 Å². The maximum absolute atomic E-state index is 14.4. The van der Waals surface area contributed by atoms with Gasteiger partial charge < -0.3 is 42.1 Å². The molecule has 16 heteroatoms. The number of ketones is 1. The third-order valence-electron chi connectivity index (χ3n) is 11.8. The number of aromatic nitrogens is 2. The van der Waals surface area contributed by atoms with Crippen molar-refractivity contribution in [3.8, 4) is 34.0 Å². The molecule has 3 aromatic carbocycles. The molecular weight excluding hydrogens is 841 g/mol. The number of nitrogens with two attached hydrogens (primary N) is 1. The Balaban J connectivity index is 1.26. The predicted octanol–water partition coefficient (Wildman–Crippen LogP) is 5.19. The minimum absolute atomic E-state index is 0.0637. The second-order valence-corrected chi connectivity index (χ2v) is 17.0. The summed E-state index contributed by atoms with van der Waals surface area (Å²) in [5.74, 6) is -3.32. The van der Waals surface area contributed by atoms with Gasteiger partial charge in [-0.2, -0.15) is 0 Å². The molecule has 5 rings (SSSR count). The van der Waals surface area contributed by atoms with Crippen molar-refractivity contribution in [3.63, 3.8) is 0 Å². The molecule has 16 nitrogen and oxygen atoms in total. The Hall–Kier alpha value is -6.68. The van der Waals surface area contributed by atoms with Gasteiger partial charge in [-0.15, -0.1) is 0 Å². The van der Waals surface area contributed by atoms with Crippen molar-refractivity contribution in [1.82, 2.24) is 36.1 Å². The van der Waals surface area contributed by atoms with Gasteiger partial charge in [0.2, 0.25) is 23.6 Å². The third-order valence-corrected chi connectivity index (χ3v) is 11.8. The zero-order valence-corrected chi connectivity index (χ0v) is 38.4. The SMILES string of the molecule is CCCCCCCCc1ccc(-c2ncc(C(=O)NCCC(=O)N[C@@H](CCCCN)C(=O)N(C)[C@@H]3C(=O)N[C@@H](C)C(=O)N[C@H](C(C)=O)Cc4ccc(O)c(c4)-c4cc3ccc4O)cn2)cc1. The average Bonchev–Trinajstić information content (AvgIpc) is 3.30. The highest BCUT2D eigenvalue weighted by Crippen LogP contribution is 2.39. The van der Waals surface area contributed by atoms with Gasteiger partial charge in [0.25, 0.3) is 5.91 Å². The van der Waals surface area contributed by atoms with Gasteiger partial charge in [-0.1, -0.05) is 75.4 Å². The van der Waals surface area contributed by atoms with E-state index < -0.39 is 53.7 Å². The lowest BCUT2D eigenvalue weighted by molar-refractivity contribution is -0.143. The Kier molecular flexibility index (Phi) is 18.7. The van der Waals surface area contributed by atoms with Crippen molar-refractivity contribution in [1.29, 1.82) is 0 Å². The highest BCUT2D eigenvalue weighted by atomic mass is 16.3. The van der Waals surface area contributed by atoms with Crippen molar-refractivity contribution < 1.29 is 39.0 Å². The van der Waals surface area contributed by atoms with E-state index in [0.29, 0.717) is 30.8 Å². The number of carbonyl (C=O) groups excluding carboxylic acids is 6. The summed E-state index contributed by atoms with van der Waals surface area (Å²) in [7, 11) is 1.39. The van der Waals surface area contributed by atoms with Crippen molar-refractivity contribution >= 4 is 35.3 Å². The van der Waals surface area contributed by atoms with Gasteiger partial charge in [0, 0.05) is 49.1 Å². The summed E-state index contributed by atoms with van der Waals surface area (Å²) in [5, 5.41) is 32.8. The number of likely N-dealkylation sites (N-methyl/N-ethyl adjacent to an activating group) is 1. The summed E-state index contributed by atoms with van der Waals surface area (Å²) < 4.78 is 0. The van der Waals surface area contributed by atoms with Crippen molar-refractivity contribution in [2.75, 3.05) is 20.1 Å². The minimum atomic E-state index is -1.40. The van der Waals surface area contributed by atoms with Crippen LogP contribution < -0.4 is 27.0 Å². The number of rotatable bonds is 20. The molecule has 66 heavy (non-hydrogen) atoms. The Morgan fingerprint density at radius 2 is 1.52 bits per heavy atom. The molecule has 0 spiro atoms. The topological polar surface area (TPSA) is 246 Å². The number of nitrogens with zero attached hydrogens (tertiary/aromatic N) is 3. The van der Waals surface area contributed by atoms with E-state index in [1.165, 1.54) is 95.2 Å². The fourth-order valence-corrected chi connectivity index (χ4v) is 7.91. The number of amides is 5. The van der Waals surface area contributed by atoms with Gasteiger partial charge in [0.15, 0.2) is 11.6 Å². The molecular formula is C50H64N8O8. The minimum Gasteiger partial charge on any atom is -0.507 e. The molecule has 4 aromatic rings. The molecule has 5 amide bonds. The number of aromatic hydroxyl groups is 2. The van der Waals surface area contributed by atoms with Crippen LogP contribution in [0.15, 0.2) is 73.1 Å². The fraction of sp³-hybridized carbons (Fsp3) is 0.440. The molecule has 1 aromatic heterocycles. The first kappa shape index (κ1) is 50.3. The molecule has 0 saturated carbocycles. The van der Waals surface area contributed by atoms with Crippen molar-refractivity contribution in [3.05, 3.63) is 95.3 Å². The number of aryl methyl sites for hydroxylation is 1. The van der Waals surface area contributed by atoms with Crippen LogP contribution in [0.3, 0.4) is 0 Å². The monoisotopic (exact) mass is 904 g/mol. The van der Waals surface area contributed by atoms with E-state index in [2.05, 4.69) is 50.3 Å².